The lowest BCUT2D eigenvalue weighted by Gasteiger charge is -2.30. The number of hydrogen-bond acceptors (Lipinski definition) is 14. The van der Waals surface area contributed by atoms with Gasteiger partial charge in [-0.05, 0) is 94.3 Å². The zero-order valence-electron chi connectivity index (χ0n) is 39.5. The molecule has 5 N–H and O–H groups in total. The average molecular weight is 1060 g/mol. The summed E-state index contributed by atoms with van der Waals surface area (Å²) in [6.07, 6.45) is 14.0. The van der Waals surface area contributed by atoms with Crippen LogP contribution in [0, 0.1) is 0 Å². The van der Waals surface area contributed by atoms with E-state index in [1.54, 1.807) is 61.8 Å². The zero-order valence-corrected chi connectivity index (χ0v) is 42.8. The highest BCUT2D eigenvalue weighted by Gasteiger charge is 2.48. The number of nitrogens with zero attached hydrogens (tertiary/aromatic N) is 2. The van der Waals surface area contributed by atoms with Crippen LogP contribution in [-0.2, 0) is 75.0 Å². The summed E-state index contributed by atoms with van der Waals surface area (Å²) in [5.74, 6) is -2.03. The first-order chi connectivity index (χ1) is 32.8. The van der Waals surface area contributed by atoms with Gasteiger partial charge in [-0.3, -0.25) is 23.0 Å². The molecule has 2 aromatic carbocycles. The number of allylic oxidation sites excluding steroid dienone is 8. The van der Waals surface area contributed by atoms with E-state index in [1.807, 2.05) is 23.3 Å². The number of fused-ring (bicyclic) bond motifs is 2. The van der Waals surface area contributed by atoms with E-state index >= 15 is 0 Å². The number of ether oxygens (including phenoxy) is 4. The number of hydrogen-bond donors (Lipinski definition) is 5. The third-order valence-electron chi connectivity index (χ3n) is 12.0. The van der Waals surface area contributed by atoms with Gasteiger partial charge in [-0.2, -0.15) is 38.2 Å². The zero-order chi connectivity index (χ0) is 51.8. The minimum absolute atomic E-state index is 0.00105. The Labute approximate surface area is 411 Å². The number of anilines is 1. The molecule has 4 rings (SSSR count). The lowest BCUT2D eigenvalue weighted by Crippen LogP contribution is -2.32. The van der Waals surface area contributed by atoms with E-state index in [0.717, 1.165) is 0 Å². The second-order valence-electron chi connectivity index (χ2n) is 17.2. The van der Waals surface area contributed by atoms with Crippen molar-refractivity contribution in [2.45, 2.75) is 85.8 Å². The molecule has 390 valence electrons. The highest BCUT2D eigenvalue weighted by molar-refractivity contribution is 7.86. The molecule has 0 saturated heterocycles. The van der Waals surface area contributed by atoms with E-state index in [-0.39, 0.29) is 61.7 Å². The Morgan fingerprint density at radius 2 is 1.17 bits per heavy atom. The van der Waals surface area contributed by atoms with Crippen molar-refractivity contribution in [1.29, 1.82) is 0 Å². The summed E-state index contributed by atoms with van der Waals surface area (Å²) in [5, 5.41) is 9.14. The first kappa shape index (κ1) is 58.4. The number of aliphatic carboxylic acids is 1. The van der Waals surface area contributed by atoms with Gasteiger partial charge in [0.2, 0.25) is 5.69 Å². The number of unbranched alkanes of at least 4 members (excludes halogenated alkanes) is 2. The largest absolute Gasteiger partial charge is 0.481 e. The van der Waals surface area contributed by atoms with Crippen LogP contribution in [0.3, 0.4) is 0 Å². The maximum atomic E-state index is 12.3. The van der Waals surface area contributed by atoms with Crippen molar-refractivity contribution >= 4 is 63.5 Å². The summed E-state index contributed by atoms with van der Waals surface area (Å²) >= 11 is 0. The molecule has 24 heteroatoms. The number of methoxy groups -OCH3 is 1. The van der Waals surface area contributed by atoms with Gasteiger partial charge in [-0.1, -0.05) is 30.4 Å². The summed E-state index contributed by atoms with van der Waals surface area (Å²) < 4.78 is 159. The Kier molecular flexibility index (Phi) is 21.7. The normalized spacial score (nSPS) is 19.4. The van der Waals surface area contributed by atoms with E-state index in [1.165, 1.54) is 24.3 Å². The molecule has 0 fully saturated rings. The second kappa shape index (κ2) is 26.0. The van der Waals surface area contributed by atoms with Crippen LogP contribution in [0.1, 0.15) is 76.3 Å². The molecule has 0 radical (unpaired) electrons. The van der Waals surface area contributed by atoms with Gasteiger partial charge in [0.05, 0.1) is 73.0 Å². The fourth-order valence-electron chi connectivity index (χ4n) is 8.66. The average Bonchev–Trinajstić information content (AvgIpc) is 3.62. The Morgan fingerprint density at radius 3 is 1.74 bits per heavy atom. The first-order valence-electron chi connectivity index (χ1n) is 22.5. The van der Waals surface area contributed by atoms with Crippen molar-refractivity contribution < 1.29 is 85.3 Å². The molecule has 70 heavy (non-hydrogen) atoms. The molecule has 2 atom stereocenters. The van der Waals surface area contributed by atoms with E-state index in [4.69, 9.17) is 24.1 Å². The second-order valence-corrected chi connectivity index (χ2v) is 23.1. The van der Waals surface area contributed by atoms with Crippen molar-refractivity contribution in [2.24, 2.45) is 0 Å². The Bertz CT molecular complexity index is 2750. The quantitative estimate of drug-likeness (QED) is 0.0260. The molecule has 2 unspecified atom stereocenters. The van der Waals surface area contributed by atoms with Crippen LogP contribution in [0.15, 0.2) is 94.4 Å². The molecule has 0 aliphatic carbocycles. The SMILES string of the molecule is COCCOCCOCCOCCN1/C(=C/C=C/C=C/C=C/C2=[N+](CCCCCC(=O)O)c3ccc(S(=O)(=O)O)cc3C2(C)CCCS(=O)(=O)O)C(C)(CCCS(=O)(=O)O)c2cc(S(=O)(=O)O)ccc21. The van der Waals surface area contributed by atoms with E-state index < -0.39 is 68.8 Å². The minimum atomic E-state index is -4.63. The number of carbonyl (C=O) groups is 1. The molecule has 0 bridgehead atoms. The van der Waals surface area contributed by atoms with Crippen molar-refractivity contribution in [2.75, 3.05) is 82.9 Å². The summed E-state index contributed by atoms with van der Waals surface area (Å²) in [6, 6.07) is 8.34. The molecule has 2 aromatic rings. The highest BCUT2D eigenvalue weighted by Crippen LogP contribution is 2.51. The standard InChI is InChI=1S/C46H64N2O18S4/c1-45(21-12-32-67(51,52)53)38-34-36(69(57,58)59)17-19-40(38)47(23-11-7-10-16-44(49)50)42(45)14-8-5-4-6-9-15-43-46(2,22-13-33-68(54,55)56)39-35-37(70(60,61)62)18-20-41(39)48(43)24-25-64-28-29-66-31-30-65-27-26-63-3/h4-6,8-9,14-15,17-20,34-35H,7,10-13,16,21-33H2,1-3H3,(H4-,49,50,51,52,53,54,55,56,57,58,59,60,61,62)/p+1. The molecule has 0 spiro atoms. The maximum Gasteiger partial charge on any atom is 0.303 e. The number of carboxylic acids is 1. The van der Waals surface area contributed by atoms with Crippen LogP contribution >= 0.6 is 0 Å². The third-order valence-corrected chi connectivity index (χ3v) is 15.3. The predicted molar refractivity (Wildman–Crippen MR) is 262 cm³/mol. The van der Waals surface area contributed by atoms with E-state index in [2.05, 4.69) is 0 Å². The molecular weight excluding hydrogens is 997 g/mol. The molecule has 0 saturated carbocycles. The van der Waals surface area contributed by atoms with Crippen LogP contribution in [0.2, 0.25) is 0 Å². The van der Waals surface area contributed by atoms with Gasteiger partial charge >= 0.3 is 5.97 Å². The van der Waals surface area contributed by atoms with Gasteiger partial charge in [0, 0.05) is 61.0 Å². The van der Waals surface area contributed by atoms with Gasteiger partial charge in [0.1, 0.15) is 6.54 Å². The highest BCUT2D eigenvalue weighted by atomic mass is 32.2. The smallest absolute Gasteiger partial charge is 0.303 e. The molecule has 2 aliphatic rings. The molecule has 0 aromatic heterocycles. The fraction of sp³-hybridized carbons (Fsp3) is 0.522. The van der Waals surface area contributed by atoms with E-state index in [9.17, 15) is 56.7 Å². The van der Waals surface area contributed by atoms with Crippen LogP contribution in [-0.4, -0.2) is 151 Å². The van der Waals surface area contributed by atoms with Crippen molar-refractivity contribution in [3.8, 4) is 0 Å². The molecule has 2 heterocycles. The predicted octanol–water partition coefficient (Wildman–Crippen LogP) is 5.54. The Balaban J connectivity index is 1.68. The molecule has 0 amide bonds. The molecule has 2 aliphatic heterocycles. The number of rotatable bonds is 32. The third kappa shape index (κ3) is 17.3. The van der Waals surface area contributed by atoms with Gasteiger partial charge in [0.25, 0.3) is 40.5 Å². The van der Waals surface area contributed by atoms with Crippen LogP contribution < -0.4 is 4.90 Å². The monoisotopic (exact) mass is 1060 g/mol. The van der Waals surface area contributed by atoms with Crippen LogP contribution in [0.4, 0.5) is 11.4 Å². The summed E-state index contributed by atoms with van der Waals surface area (Å²) in [6.45, 7) is 6.70. The topological polar surface area (TPSA) is 298 Å². The van der Waals surface area contributed by atoms with Crippen molar-refractivity contribution in [3.63, 3.8) is 0 Å². The minimum Gasteiger partial charge on any atom is -0.481 e. The summed E-state index contributed by atoms with van der Waals surface area (Å²) in [7, 11) is -16.4. The summed E-state index contributed by atoms with van der Waals surface area (Å²) in [5.41, 5.74) is 1.46. The Morgan fingerprint density at radius 1 is 0.643 bits per heavy atom. The van der Waals surface area contributed by atoms with Gasteiger partial charge < -0.3 is 29.0 Å². The van der Waals surface area contributed by atoms with Crippen molar-refractivity contribution in [3.05, 3.63) is 95.8 Å². The Hall–Kier alpha value is -4.18. The van der Waals surface area contributed by atoms with Crippen LogP contribution in [0.5, 0.6) is 0 Å². The lowest BCUT2D eigenvalue weighted by atomic mass is 9.76. The number of carboxylic acid groups (broad SMARTS) is 1. The van der Waals surface area contributed by atoms with Gasteiger partial charge in [-0.15, -0.1) is 0 Å². The van der Waals surface area contributed by atoms with Crippen LogP contribution in [0.25, 0.3) is 0 Å². The van der Waals surface area contributed by atoms with Gasteiger partial charge in [-0.25, -0.2) is 0 Å². The first-order valence-corrected chi connectivity index (χ1v) is 28.6. The lowest BCUT2D eigenvalue weighted by molar-refractivity contribution is -0.438. The van der Waals surface area contributed by atoms with Gasteiger partial charge in [0.15, 0.2) is 5.71 Å². The maximum absolute atomic E-state index is 12.3. The van der Waals surface area contributed by atoms with E-state index in [0.29, 0.717) is 92.8 Å². The summed E-state index contributed by atoms with van der Waals surface area (Å²) in [4.78, 5) is 12.4. The number of benzene rings is 2. The molecular formula is C46H65N2O18S4+. The fourth-order valence-corrected chi connectivity index (χ4v) is 10.7. The van der Waals surface area contributed by atoms with Crippen molar-refractivity contribution in [1.82, 2.24) is 0 Å². The molecule has 20 nitrogen and oxygen atoms in total.